The van der Waals surface area contributed by atoms with Crippen molar-refractivity contribution in [2.24, 2.45) is 0 Å². The number of ether oxygens (including phenoxy) is 6. The van der Waals surface area contributed by atoms with Crippen LogP contribution >= 0.6 is 0 Å². The largest absolute Gasteiger partial charge is 0.394 e. The van der Waals surface area contributed by atoms with Gasteiger partial charge in [-0.2, -0.15) is 0 Å². The highest BCUT2D eigenvalue weighted by Gasteiger charge is 2.53. The minimum Gasteiger partial charge on any atom is -0.394 e. The molecule has 3 aliphatic heterocycles. The Morgan fingerprint density at radius 1 is 0.402 bits per heavy atom. The fraction of sp³-hybridized carbons (Fsp3) is 0.767. The van der Waals surface area contributed by atoms with Crippen molar-refractivity contribution in [3.05, 3.63) is 97.2 Å². The molecule has 0 radical (unpaired) electrons. The third-order valence-corrected chi connectivity index (χ3v) is 17.1. The molecule has 3 heterocycles. The molecule has 0 aliphatic carbocycles. The van der Waals surface area contributed by atoms with Crippen molar-refractivity contribution in [1.82, 2.24) is 5.32 Å². The van der Waals surface area contributed by atoms with Gasteiger partial charge < -0.3 is 89.9 Å². The lowest BCUT2D eigenvalue weighted by molar-refractivity contribution is -0.379. The third kappa shape index (κ3) is 35.1. The van der Waals surface area contributed by atoms with Crippen LogP contribution in [0, 0.1) is 0 Å². The topological polar surface area (TPSA) is 307 Å². The first-order valence-electron chi connectivity index (χ1n) is 35.5. The summed E-state index contributed by atoms with van der Waals surface area (Å²) in [6, 6.07) is -0.974. The van der Waals surface area contributed by atoms with Crippen molar-refractivity contribution in [1.29, 1.82) is 0 Å². The van der Waals surface area contributed by atoms with Crippen molar-refractivity contribution in [3.8, 4) is 0 Å². The highest BCUT2D eigenvalue weighted by Crippen LogP contribution is 2.33. The van der Waals surface area contributed by atoms with E-state index < -0.39 is 124 Å². The average Bonchev–Trinajstić information content (AvgIpc) is 0.830. The highest BCUT2D eigenvalue weighted by atomic mass is 16.8. The second-order valence-electron chi connectivity index (χ2n) is 25.0. The van der Waals surface area contributed by atoms with Gasteiger partial charge in [-0.1, -0.05) is 239 Å². The Hall–Kier alpha value is -3.29. The number of unbranched alkanes of at least 4 members (excludes halogenated alkanes) is 23. The second-order valence-corrected chi connectivity index (χ2v) is 25.0. The summed E-state index contributed by atoms with van der Waals surface area (Å²) in [5, 5.41) is 120. The first-order valence-corrected chi connectivity index (χ1v) is 35.5. The van der Waals surface area contributed by atoms with Crippen molar-refractivity contribution < 1.29 is 89.4 Å². The van der Waals surface area contributed by atoms with E-state index in [1.807, 2.05) is 6.08 Å². The van der Waals surface area contributed by atoms with Gasteiger partial charge in [-0.3, -0.25) is 4.79 Å². The molecule has 19 heteroatoms. The normalized spacial score (nSPS) is 28.3. The lowest BCUT2D eigenvalue weighted by Gasteiger charge is -2.48. The lowest BCUT2D eigenvalue weighted by atomic mass is 9.96. The Bertz CT molecular complexity index is 2040. The molecule has 1 amide bonds. The van der Waals surface area contributed by atoms with Crippen LogP contribution in [0.4, 0.5) is 0 Å². The van der Waals surface area contributed by atoms with Crippen molar-refractivity contribution in [3.63, 3.8) is 0 Å². The van der Waals surface area contributed by atoms with Gasteiger partial charge in [-0.05, 0) is 77.0 Å². The molecule has 12 N–H and O–H groups in total. The molecule has 92 heavy (non-hydrogen) atoms. The van der Waals surface area contributed by atoms with Gasteiger partial charge >= 0.3 is 0 Å². The van der Waals surface area contributed by atoms with E-state index in [2.05, 4.69) is 104 Å². The highest BCUT2D eigenvalue weighted by molar-refractivity contribution is 5.76. The maximum absolute atomic E-state index is 13.3. The third-order valence-electron chi connectivity index (χ3n) is 17.1. The summed E-state index contributed by atoms with van der Waals surface area (Å²) >= 11 is 0. The van der Waals surface area contributed by atoms with Crippen LogP contribution in [0.5, 0.6) is 0 Å². The number of aliphatic hydroxyl groups excluding tert-OH is 11. The van der Waals surface area contributed by atoms with Crippen LogP contribution in [0.15, 0.2) is 97.2 Å². The quantitative estimate of drug-likeness (QED) is 0.0199. The molecule has 3 rings (SSSR count). The number of amides is 1. The fourth-order valence-corrected chi connectivity index (χ4v) is 11.4. The number of hydrogen-bond acceptors (Lipinski definition) is 18. The number of rotatable bonds is 53. The van der Waals surface area contributed by atoms with E-state index in [4.69, 9.17) is 28.4 Å². The zero-order chi connectivity index (χ0) is 66.8. The Labute approximate surface area is 552 Å². The first kappa shape index (κ1) is 82.9. The van der Waals surface area contributed by atoms with Crippen LogP contribution in [0.25, 0.3) is 0 Å². The molecule has 0 saturated carbocycles. The molecule has 19 nitrogen and oxygen atoms in total. The minimum absolute atomic E-state index is 0.240. The van der Waals surface area contributed by atoms with Gasteiger partial charge in [-0.15, -0.1) is 0 Å². The molecule has 17 unspecified atom stereocenters. The summed E-state index contributed by atoms with van der Waals surface area (Å²) in [7, 11) is 0. The SMILES string of the molecule is CC/C=C\C/C=C\C/C=C\C/C=C\C/C=C\C/C=C\C/C=C\CCCCCCCCCCCCCCCCCCCC(=O)NC(COC1OC(CO)C(OC2OC(CO)C(OC3OC(CO)C(O)C(O)C3O)C(O)C2O)C(O)C1O)C(O)/C=C/CCCCCCCC. The molecule has 0 aromatic carbocycles. The van der Waals surface area contributed by atoms with Crippen LogP contribution in [-0.4, -0.2) is 193 Å². The summed E-state index contributed by atoms with van der Waals surface area (Å²) in [5.74, 6) is -0.281. The van der Waals surface area contributed by atoms with E-state index in [1.165, 1.54) is 103 Å². The fourth-order valence-electron chi connectivity index (χ4n) is 11.4. The predicted molar refractivity (Wildman–Crippen MR) is 360 cm³/mol. The maximum Gasteiger partial charge on any atom is 0.220 e. The number of nitrogens with one attached hydrogen (secondary N) is 1. The molecule has 0 spiro atoms. The second kappa shape index (κ2) is 53.8. The average molecular weight is 1300 g/mol. The molecule has 0 aromatic heterocycles. The smallest absolute Gasteiger partial charge is 0.220 e. The standard InChI is InChI=1S/C73H125NO18/c1-3-5-7-9-11-13-14-15-16-17-18-19-20-21-22-23-24-25-26-27-28-29-30-31-32-33-34-35-36-37-38-39-40-41-42-43-45-47-49-51-61(79)74-56(57(78)50-48-46-44-12-10-8-6-4-2)55-87-71-67(85)64(82)69(59(53-76)89-71)92-73-68(86)65(83)70(60(54-77)90-73)91-72-66(84)63(81)62(80)58(52-75)88-72/h5,7,11,13,15-16,18-19,21-22,24-25,27-28,48,50,56-60,62-73,75-78,80-86H,3-4,6,8-10,12,14,17,20,23,26,29-47,49,51-55H2,1-2H3,(H,74,79)/b7-5-,13-11-,16-15-,19-18-,22-21-,25-24-,28-27-,50-48+. The summed E-state index contributed by atoms with van der Waals surface area (Å²) < 4.78 is 34.2. The van der Waals surface area contributed by atoms with Crippen LogP contribution in [0.1, 0.15) is 226 Å². The van der Waals surface area contributed by atoms with Gasteiger partial charge in [0.2, 0.25) is 5.91 Å². The molecule has 17 atom stereocenters. The molecule has 0 aromatic rings. The molecule has 0 bridgehead atoms. The Kier molecular flexibility index (Phi) is 48.5. The lowest BCUT2D eigenvalue weighted by Crippen LogP contribution is -2.66. The van der Waals surface area contributed by atoms with Gasteiger partial charge in [0.1, 0.15) is 73.2 Å². The molecule has 3 aliphatic rings. The van der Waals surface area contributed by atoms with Crippen LogP contribution < -0.4 is 5.32 Å². The molecule has 3 saturated heterocycles. The van der Waals surface area contributed by atoms with E-state index in [0.717, 1.165) is 96.3 Å². The Morgan fingerprint density at radius 3 is 1.17 bits per heavy atom. The van der Waals surface area contributed by atoms with Gasteiger partial charge in [0, 0.05) is 6.42 Å². The van der Waals surface area contributed by atoms with E-state index >= 15 is 0 Å². The summed E-state index contributed by atoms with van der Waals surface area (Å²) in [6.07, 6.45) is 44.5. The zero-order valence-corrected chi connectivity index (χ0v) is 56.0. The molecule has 3 fully saturated rings. The van der Waals surface area contributed by atoms with Crippen LogP contribution in [-0.2, 0) is 33.2 Å². The van der Waals surface area contributed by atoms with Gasteiger partial charge in [-0.25, -0.2) is 0 Å². The van der Waals surface area contributed by atoms with E-state index in [-0.39, 0.29) is 18.9 Å². The summed E-state index contributed by atoms with van der Waals surface area (Å²) in [4.78, 5) is 13.3. The maximum atomic E-state index is 13.3. The van der Waals surface area contributed by atoms with Crippen molar-refractivity contribution in [2.75, 3.05) is 26.4 Å². The number of carbonyl (C=O) groups is 1. The number of allylic oxidation sites excluding steroid dienone is 15. The molecular weight excluding hydrogens is 1180 g/mol. The minimum atomic E-state index is -1.98. The van der Waals surface area contributed by atoms with Gasteiger partial charge in [0.25, 0.3) is 0 Å². The first-order chi connectivity index (χ1) is 44.8. The monoisotopic (exact) mass is 1300 g/mol. The van der Waals surface area contributed by atoms with E-state index in [1.54, 1.807) is 6.08 Å². The Morgan fingerprint density at radius 2 is 0.750 bits per heavy atom. The van der Waals surface area contributed by atoms with Crippen molar-refractivity contribution in [2.45, 2.75) is 330 Å². The zero-order valence-electron chi connectivity index (χ0n) is 56.0. The van der Waals surface area contributed by atoms with Crippen LogP contribution in [0.3, 0.4) is 0 Å². The van der Waals surface area contributed by atoms with Crippen LogP contribution in [0.2, 0.25) is 0 Å². The van der Waals surface area contributed by atoms with Gasteiger partial charge in [0.15, 0.2) is 18.9 Å². The Balaban J connectivity index is 1.27. The number of carbonyl (C=O) groups excluding carboxylic acids is 1. The molecular formula is C73H125NO18. The van der Waals surface area contributed by atoms with Gasteiger partial charge in [0.05, 0.1) is 38.6 Å². The summed E-state index contributed by atoms with van der Waals surface area (Å²) in [5.41, 5.74) is 0. The number of aliphatic hydroxyl groups is 11. The van der Waals surface area contributed by atoms with E-state index in [9.17, 15) is 61.0 Å². The predicted octanol–water partition coefficient (Wildman–Crippen LogP) is 9.66. The molecule has 530 valence electrons. The number of hydrogen-bond donors (Lipinski definition) is 12. The van der Waals surface area contributed by atoms with E-state index in [0.29, 0.717) is 6.42 Å². The summed E-state index contributed by atoms with van der Waals surface area (Å²) in [6.45, 7) is 1.55. The van der Waals surface area contributed by atoms with Crippen molar-refractivity contribution >= 4 is 5.91 Å².